The lowest BCUT2D eigenvalue weighted by atomic mass is 10.0. The van der Waals surface area contributed by atoms with Gasteiger partial charge in [0.1, 0.15) is 29.8 Å². The average Bonchev–Trinajstić information content (AvgIpc) is 2.89. The first-order valence-corrected chi connectivity index (χ1v) is 12.3. The van der Waals surface area contributed by atoms with Crippen LogP contribution in [0.5, 0.6) is 5.75 Å². The van der Waals surface area contributed by atoms with E-state index in [1.807, 2.05) is 32.0 Å². The molecule has 0 aliphatic heterocycles. The lowest BCUT2D eigenvalue weighted by Crippen LogP contribution is -2.29. The molecular weight excluding hydrogens is 531 g/mol. The molecule has 0 spiro atoms. The lowest BCUT2D eigenvalue weighted by Gasteiger charge is -2.16. The molecule has 0 aliphatic rings. The highest BCUT2D eigenvalue weighted by atomic mass is 35.5. The number of para-hydroxylation sites is 1. The number of hydrogen-bond donors (Lipinski definition) is 0. The standard InChI is InChI=1S/C28H25ClF3N5O2/c1-5-22(29)25(33-4)19-12-16(2)36-26-18(19)8-6-10-24(26)39-14-20-17(3)34-15-35-23(20)13-37-11-7-9-21(27(37)38)28(30,31)32/h5-12,15H,13-14H2,1-4H3/b22-5+,33-25?. The molecule has 0 saturated carbocycles. The number of allylic oxidation sites excluding steroid dienone is 2. The summed E-state index contributed by atoms with van der Waals surface area (Å²) in [6, 6.07) is 9.35. The van der Waals surface area contributed by atoms with Crippen molar-refractivity contribution < 1.29 is 17.9 Å². The van der Waals surface area contributed by atoms with Crippen LogP contribution in [0.4, 0.5) is 13.2 Å². The van der Waals surface area contributed by atoms with Crippen LogP contribution in [-0.2, 0) is 19.3 Å². The van der Waals surface area contributed by atoms with Gasteiger partial charge in [-0.25, -0.2) is 15.0 Å². The summed E-state index contributed by atoms with van der Waals surface area (Å²) in [5, 5.41) is 1.29. The highest BCUT2D eigenvalue weighted by molar-refractivity contribution is 6.47. The minimum atomic E-state index is -4.76. The molecule has 11 heteroatoms. The third-order valence-electron chi connectivity index (χ3n) is 6.16. The van der Waals surface area contributed by atoms with Crippen molar-refractivity contribution in [2.45, 2.75) is 40.1 Å². The summed E-state index contributed by atoms with van der Waals surface area (Å²) in [4.78, 5) is 30.0. The van der Waals surface area contributed by atoms with Crippen LogP contribution < -0.4 is 10.3 Å². The van der Waals surface area contributed by atoms with Gasteiger partial charge in [-0.05, 0) is 45.0 Å². The largest absolute Gasteiger partial charge is 0.486 e. The van der Waals surface area contributed by atoms with Crippen molar-refractivity contribution in [2.24, 2.45) is 4.99 Å². The van der Waals surface area contributed by atoms with E-state index in [-0.39, 0.29) is 13.2 Å². The second kappa shape index (κ2) is 11.4. The van der Waals surface area contributed by atoms with E-state index in [1.165, 1.54) is 18.6 Å². The van der Waals surface area contributed by atoms with Crippen LogP contribution in [0.3, 0.4) is 0 Å². The molecule has 0 radical (unpaired) electrons. The highest BCUT2D eigenvalue weighted by Crippen LogP contribution is 2.30. The summed E-state index contributed by atoms with van der Waals surface area (Å²) in [6.45, 7) is 5.25. The van der Waals surface area contributed by atoms with Crippen LogP contribution in [0.15, 0.2) is 69.8 Å². The number of aryl methyl sites for hydroxylation is 2. The second-order valence-electron chi connectivity index (χ2n) is 8.70. The number of aromatic nitrogens is 4. The van der Waals surface area contributed by atoms with Gasteiger partial charge in [-0.3, -0.25) is 9.79 Å². The molecule has 0 N–H and O–H groups in total. The topological polar surface area (TPSA) is 82.3 Å². The van der Waals surface area contributed by atoms with Gasteiger partial charge in [-0.15, -0.1) is 0 Å². The van der Waals surface area contributed by atoms with Crippen molar-refractivity contribution in [3.63, 3.8) is 0 Å². The average molecular weight is 556 g/mol. The highest BCUT2D eigenvalue weighted by Gasteiger charge is 2.34. The van der Waals surface area contributed by atoms with Gasteiger partial charge in [0.05, 0.1) is 23.0 Å². The Balaban J connectivity index is 1.72. The Morgan fingerprint density at radius 3 is 2.64 bits per heavy atom. The minimum absolute atomic E-state index is 0.00410. The predicted molar refractivity (Wildman–Crippen MR) is 144 cm³/mol. The zero-order chi connectivity index (χ0) is 28.3. The molecule has 0 aliphatic carbocycles. The Bertz CT molecular complexity index is 1660. The predicted octanol–water partition coefficient (Wildman–Crippen LogP) is 6.01. The molecule has 39 heavy (non-hydrogen) atoms. The SMILES string of the molecule is C/C=C(/Cl)C(=NC)c1cc(C)nc2c(OCc3c(C)ncnc3Cn3cccc(C(F)(F)F)c3=O)cccc12. The monoisotopic (exact) mass is 555 g/mol. The van der Waals surface area contributed by atoms with Crippen LogP contribution in [0.2, 0.25) is 0 Å². The van der Waals surface area contributed by atoms with E-state index in [0.717, 1.165) is 27.3 Å². The van der Waals surface area contributed by atoms with Gasteiger partial charge in [-0.1, -0.05) is 29.8 Å². The molecule has 202 valence electrons. The van der Waals surface area contributed by atoms with E-state index in [2.05, 4.69) is 19.9 Å². The van der Waals surface area contributed by atoms with Crippen molar-refractivity contribution >= 4 is 28.2 Å². The Morgan fingerprint density at radius 1 is 1.18 bits per heavy atom. The normalized spacial score (nSPS) is 12.7. The summed E-state index contributed by atoms with van der Waals surface area (Å²) in [7, 11) is 1.67. The smallest absolute Gasteiger partial charge is 0.421 e. The number of hydrogen-bond acceptors (Lipinski definition) is 6. The molecule has 4 rings (SSSR count). The first-order chi connectivity index (χ1) is 18.5. The van der Waals surface area contributed by atoms with Crippen LogP contribution in [0.25, 0.3) is 10.9 Å². The van der Waals surface area contributed by atoms with Gasteiger partial charge in [0.15, 0.2) is 0 Å². The lowest BCUT2D eigenvalue weighted by molar-refractivity contribution is -0.138. The number of aliphatic imine (C=N–C) groups is 1. The van der Waals surface area contributed by atoms with Crippen molar-refractivity contribution in [3.05, 3.63) is 104 Å². The number of rotatable bonds is 7. The number of benzene rings is 1. The summed E-state index contributed by atoms with van der Waals surface area (Å²) in [6.07, 6.45) is -0.396. The summed E-state index contributed by atoms with van der Waals surface area (Å²) in [5.41, 5.74) is 1.86. The number of fused-ring (bicyclic) bond motifs is 1. The number of pyridine rings is 2. The molecule has 0 unspecified atom stereocenters. The van der Waals surface area contributed by atoms with Gasteiger partial charge < -0.3 is 9.30 Å². The fourth-order valence-electron chi connectivity index (χ4n) is 4.22. The van der Waals surface area contributed by atoms with Crippen molar-refractivity contribution in [1.82, 2.24) is 19.5 Å². The molecule has 0 saturated heterocycles. The molecule has 0 amide bonds. The maximum Gasteiger partial charge on any atom is 0.421 e. The quantitative estimate of drug-likeness (QED) is 0.261. The van der Waals surface area contributed by atoms with E-state index in [1.54, 1.807) is 26.1 Å². The molecule has 3 aromatic heterocycles. The van der Waals surface area contributed by atoms with Gasteiger partial charge in [0, 0.05) is 41.1 Å². The fraction of sp³-hybridized carbons (Fsp3) is 0.250. The van der Waals surface area contributed by atoms with Gasteiger partial charge in [0.25, 0.3) is 5.56 Å². The third kappa shape index (κ3) is 5.85. The van der Waals surface area contributed by atoms with Crippen molar-refractivity contribution in [3.8, 4) is 5.75 Å². The first-order valence-electron chi connectivity index (χ1n) is 11.9. The van der Waals surface area contributed by atoms with Gasteiger partial charge in [0.2, 0.25) is 0 Å². The molecular formula is C28H25ClF3N5O2. The van der Waals surface area contributed by atoms with E-state index >= 15 is 0 Å². The van der Waals surface area contributed by atoms with E-state index in [0.29, 0.717) is 39.0 Å². The van der Waals surface area contributed by atoms with E-state index in [9.17, 15) is 18.0 Å². The molecule has 7 nitrogen and oxygen atoms in total. The number of halogens is 4. The van der Waals surface area contributed by atoms with Crippen LogP contribution in [0.1, 0.15) is 40.7 Å². The van der Waals surface area contributed by atoms with Gasteiger partial charge in [-0.2, -0.15) is 13.2 Å². The van der Waals surface area contributed by atoms with Gasteiger partial charge >= 0.3 is 6.18 Å². The van der Waals surface area contributed by atoms with Crippen molar-refractivity contribution in [1.29, 1.82) is 0 Å². The van der Waals surface area contributed by atoms with Crippen LogP contribution in [0, 0.1) is 13.8 Å². The summed E-state index contributed by atoms with van der Waals surface area (Å²) in [5.74, 6) is 0.481. The fourth-order valence-corrected chi connectivity index (χ4v) is 4.40. The molecule has 1 aromatic carbocycles. The Hall–Kier alpha value is -4.05. The maximum atomic E-state index is 13.3. The maximum absolute atomic E-state index is 13.3. The van der Waals surface area contributed by atoms with E-state index in [4.69, 9.17) is 16.3 Å². The summed E-state index contributed by atoms with van der Waals surface area (Å²) < 4.78 is 46.9. The van der Waals surface area contributed by atoms with Crippen LogP contribution >= 0.6 is 11.6 Å². The number of ether oxygens (including phenoxy) is 1. The Morgan fingerprint density at radius 2 is 1.95 bits per heavy atom. The third-order valence-corrected chi connectivity index (χ3v) is 6.55. The Kier molecular flexibility index (Phi) is 8.15. The molecule has 3 heterocycles. The minimum Gasteiger partial charge on any atom is -0.486 e. The second-order valence-corrected chi connectivity index (χ2v) is 9.11. The van der Waals surface area contributed by atoms with Crippen molar-refractivity contribution in [2.75, 3.05) is 7.05 Å². The number of alkyl halides is 3. The molecule has 0 atom stereocenters. The zero-order valence-corrected chi connectivity index (χ0v) is 22.4. The first kappa shape index (κ1) is 28.0. The summed E-state index contributed by atoms with van der Waals surface area (Å²) >= 11 is 6.42. The zero-order valence-electron chi connectivity index (χ0n) is 21.7. The molecule has 4 aromatic rings. The number of nitrogens with zero attached hydrogens (tertiary/aromatic N) is 5. The molecule has 0 bridgehead atoms. The van der Waals surface area contributed by atoms with Crippen LogP contribution in [-0.4, -0.2) is 32.3 Å². The Labute approximate surface area is 227 Å². The molecule has 0 fully saturated rings. The van der Waals surface area contributed by atoms with E-state index < -0.39 is 17.3 Å².